The monoisotopic (exact) mass is 263 g/mol. The number of hydrogen-bond donors (Lipinski definition) is 1. The van der Waals surface area contributed by atoms with Gasteiger partial charge >= 0.3 is 0 Å². The lowest BCUT2D eigenvalue weighted by Gasteiger charge is -2.18. The second kappa shape index (κ2) is 6.69. The van der Waals surface area contributed by atoms with Crippen LogP contribution < -0.4 is 5.32 Å². The minimum absolute atomic E-state index is 0.537. The molecule has 2 rings (SSSR count). The third kappa shape index (κ3) is 3.19. The van der Waals surface area contributed by atoms with E-state index in [4.69, 9.17) is 0 Å². The molecular weight excluding hydrogens is 242 g/mol. The highest BCUT2D eigenvalue weighted by Gasteiger charge is 2.11. The first-order chi connectivity index (χ1) is 8.85. The molecule has 0 aliphatic carbocycles. The molecule has 0 radical (unpaired) electrons. The number of rotatable bonds is 7. The second-order valence-corrected chi connectivity index (χ2v) is 5.55. The molecule has 2 heterocycles. The van der Waals surface area contributed by atoms with Crippen LogP contribution in [0.3, 0.4) is 0 Å². The minimum atomic E-state index is 0.537. The molecule has 0 aliphatic rings. The van der Waals surface area contributed by atoms with Gasteiger partial charge in [0.05, 0.1) is 10.2 Å². The van der Waals surface area contributed by atoms with Crippen LogP contribution >= 0.6 is 11.3 Å². The van der Waals surface area contributed by atoms with E-state index in [1.165, 1.54) is 36.8 Å². The maximum atomic E-state index is 4.40. The minimum Gasteiger partial charge on any atom is -0.366 e. The third-order valence-corrected chi connectivity index (χ3v) is 4.04. The van der Waals surface area contributed by atoms with Crippen LogP contribution in [0.4, 0.5) is 5.82 Å². The first-order valence-corrected chi connectivity index (χ1v) is 7.67. The zero-order valence-corrected chi connectivity index (χ0v) is 12.0. The molecule has 0 fully saturated rings. The van der Waals surface area contributed by atoms with Gasteiger partial charge < -0.3 is 5.32 Å². The van der Waals surface area contributed by atoms with Crippen molar-refractivity contribution in [2.75, 3.05) is 5.32 Å². The summed E-state index contributed by atoms with van der Waals surface area (Å²) in [6.07, 6.45) is 7.81. The van der Waals surface area contributed by atoms with Gasteiger partial charge in [-0.1, -0.05) is 33.1 Å². The van der Waals surface area contributed by atoms with Gasteiger partial charge in [-0.05, 0) is 24.3 Å². The van der Waals surface area contributed by atoms with Crippen LogP contribution in [0.5, 0.6) is 0 Å². The van der Waals surface area contributed by atoms with Crippen molar-refractivity contribution in [3.8, 4) is 0 Å². The largest absolute Gasteiger partial charge is 0.366 e. The number of anilines is 1. The molecule has 0 bridgehead atoms. The molecule has 3 nitrogen and oxygen atoms in total. The highest BCUT2D eigenvalue weighted by molar-refractivity contribution is 7.17. The normalized spacial score (nSPS) is 12.8. The van der Waals surface area contributed by atoms with Gasteiger partial charge in [-0.15, -0.1) is 11.3 Å². The van der Waals surface area contributed by atoms with E-state index >= 15 is 0 Å². The predicted molar refractivity (Wildman–Crippen MR) is 79.3 cm³/mol. The average Bonchev–Trinajstić information content (AvgIpc) is 2.85. The molecule has 0 spiro atoms. The van der Waals surface area contributed by atoms with Crippen molar-refractivity contribution in [3.05, 3.63) is 17.8 Å². The molecule has 1 N–H and O–H groups in total. The summed E-state index contributed by atoms with van der Waals surface area (Å²) in [6.45, 7) is 4.48. The number of nitrogens with one attached hydrogen (secondary N) is 1. The highest BCUT2D eigenvalue weighted by Crippen LogP contribution is 2.26. The summed E-state index contributed by atoms with van der Waals surface area (Å²) in [5.41, 5.74) is 1.04. The Morgan fingerprint density at radius 1 is 1.22 bits per heavy atom. The number of aromatic nitrogens is 2. The van der Waals surface area contributed by atoms with Gasteiger partial charge in [0, 0.05) is 6.04 Å². The van der Waals surface area contributed by atoms with Crippen molar-refractivity contribution in [2.24, 2.45) is 0 Å². The van der Waals surface area contributed by atoms with Crippen LogP contribution in [0.25, 0.3) is 10.2 Å². The summed E-state index contributed by atoms with van der Waals surface area (Å²) in [5.74, 6) is 1.00. The Bertz CT molecular complexity index is 481. The van der Waals surface area contributed by atoms with E-state index in [1.54, 1.807) is 17.7 Å². The SMILES string of the molecule is CCCCC(CCC)Nc1ncnc2ccsc12. The van der Waals surface area contributed by atoms with E-state index in [0.29, 0.717) is 6.04 Å². The lowest BCUT2D eigenvalue weighted by Crippen LogP contribution is -2.20. The van der Waals surface area contributed by atoms with Crippen molar-refractivity contribution in [1.82, 2.24) is 9.97 Å². The van der Waals surface area contributed by atoms with E-state index in [9.17, 15) is 0 Å². The Labute approximate surface area is 113 Å². The third-order valence-electron chi connectivity index (χ3n) is 3.13. The van der Waals surface area contributed by atoms with Gasteiger partial charge in [-0.25, -0.2) is 9.97 Å². The summed E-state index contributed by atoms with van der Waals surface area (Å²) >= 11 is 1.71. The predicted octanol–water partition coefficient (Wildman–Crippen LogP) is 4.46. The Balaban J connectivity index is 2.12. The fraction of sp³-hybridized carbons (Fsp3) is 0.571. The standard InChI is InChI=1S/C14H21N3S/c1-3-5-7-11(6-4-2)17-14-13-12(8-9-18-13)15-10-16-14/h8-11H,3-7H2,1-2H3,(H,15,16,17). The molecule has 1 unspecified atom stereocenters. The molecule has 0 aromatic carbocycles. The molecule has 0 aliphatic heterocycles. The van der Waals surface area contributed by atoms with Gasteiger partial charge in [-0.3, -0.25) is 0 Å². The summed E-state index contributed by atoms with van der Waals surface area (Å²) in [4.78, 5) is 8.67. The Morgan fingerprint density at radius 2 is 2.11 bits per heavy atom. The van der Waals surface area contributed by atoms with E-state index in [2.05, 4.69) is 34.5 Å². The summed E-state index contributed by atoms with van der Waals surface area (Å²) in [6, 6.07) is 2.59. The van der Waals surface area contributed by atoms with Gasteiger partial charge in [0.1, 0.15) is 12.1 Å². The number of unbranched alkanes of at least 4 members (excludes halogenated alkanes) is 1. The van der Waals surface area contributed by atoms with Crippen LogP contribution in [0.2, 0.25) is 0 Å². The van der Waals surface area contributed by atoms with Crippen molar-refractivity contribution in [3.63, 3.8) is 0 Å². The fourth-order valence-electron chi connectivity index (χ4n) is 2.17. The summed E-state index contributed by atoms with van der Waals surface area (Å²) in [5, 5.41) is 5.68. The van der Waals surface area contributed by atoms with Gasteiger partial charge in [0.2, 0.25) is 0 Å². The van der Waals surface area contributed by atoms with Crippen molar-refractivity contribution in [1.29, 1.82) is 0 Å². The van der Waals surface area contributed by atoms with Crippen LogP contribution in [-0.2, 0) is 0 Å². The molecule has 2 aromatic rings. The van der Waals surface area contributed by atoms with E-state index in [-0.39, 0.29) is 0 Å². The Hall–Kier alpha value is -1.16. The highest BCUT2D eigenvalue weighted by atomic mass is 32.1. The first kappa shape index (κ1) is 13.3. The Morgan fingerprint density at radius 3 is 2.89 bits per heavy atom. The Kier molecular flexibility index (Phi) is 4.93. The van der Waals surface area contributed by atoms with Gasteiger partial charge in [0.25, 0.3) is 0 Å². The molecule has 2 aromatic heterocycles. The molecule has 98 valence electrons. The molecule has 18 heavy (non-hydrogen) atoms. The van der Waals surface area contributed by atoms with Crippen molar-refractivity contribution in [2.45, 2.75) is 52.0 Å². The molecule has 1 atom stereocenters. The van der Waals surface area contributed by atoms with Crippen LogP contribution in [-0.4, -0.2) is 16.0 Å². The van der Waals surface area contributed by atoms with E-state index in [1.807, 2.05) is 6.07 Å². The topological polar surface area (TPSA) is 37.8 Å². The van der Waals surface area contributed by atoms with Crippen LogP contribution in [0.1, 0.15) is 46.0 Å². The maximum Gasteiger partial charge on any atom is 0.147 e. The second-order valence-electron chi connectivity index (χ2n) is 4.63. The quantitative estimate of drug-likeness (QED) is 0.801. The fourth-order valence-corrected chi connectivity index (χ4v) is 2.97. The number of thiophene rings is 1. The van der Waals surface area contributed by atoms with Crippen molar-refractivity contribution >= 4 is 27.4 Å². The number of fused-ring (bicyclic) bond motifs is 1. The zero-order valence-electron chi connectivity index (χ0n) is 11.1. The first-order valence-electron chi connectivity index (χ1n) is 6.79. The number of nitrogens with zero attached hydrogens (tertiary/aromatic N) is 2. The lowest BCUT2D eigenvalue weighted by atomic mass is 10.1. The van der Waals surface area contributed by atoms with Gasteiger partial charge in [0.15, 0.2) is 0 Å². The van der Waals surface area contributed by atoms with Gasteiger partial charge in [-0.2, -0.15) is 0 Å². The zero-order chi connectivity index (χ0) is 12.8. The number of hydrogen-bond acceptors (Lipinski definition) is 4. The molecule has 4 heteroatoms. The van der Waals surface area contributed by atoms with Crippen LogP contribution in [0, 0.1) is 0 Å². The summed E-state index contributed by atoms with van der Waals surface area (Å²) in [7, 11) is 0. The van der Waals surface area contributed by atoms with E-state index < -0.39 is 0 Å². The van der Waals surface area contributed by atoms with Crippen molar-refractivity contribution < 1.29 is 0 Å². The molecule has 0 amide bonds. The molecule has 0 saturated heterocycles. The molecule has 0 saturated carbocycles. The van der Waals surface area contributed by atoms with E-state index in [0.717, 1.165) is 11.3 Å². The average molecular weight is 263 g/mol. The van der Waals surface area contributed by atoms with Crippen LogP contribution in [0.15, 0.2) is 17.8 Å². The summed E-state index contributed by atoms with van der Waals surface area (Å²) < 4.78 is 1.18. The smallest absolute Gasteiger partial charge is 0.147 e. The lowest BCUT2D eigenvalue weighted by molar-refractivity contribution is 0.563. The molecular formula is C14H21N3S. The maximum absolute atomic E-state index is 4.40.